The van der Waals surface area contributed by atoms with E-state index in [-0.39, 0.29) is 17.1 Å². The normalized spacial score (nSPS) is 19.9. The minimum absolute atomic E-state index is 0.0347. The lowest BCUT2D eigenvalue weighted by atomic mass is 10.1. The van der Waals surface area contributed by atoms with E-state index in [1.165, 1.54) is 0 Å². The van der Waals surface area contributed by atoms with Gasteiger partial charge in [0.15, 0.2) is 11.9 Å². The number of carbonyl (C=O) groups excluding carboxylic acids is 1. The van der Waals surface area contributed by atoms with Gasteiger partial charge in [0.2, 0.25) is 0 Å². The van der Waals surface area contributed by atoms with Crippen LogP contribution in [0.3, 0.4) is 0 Å². The van der Waals surface area contributed by atoms with Gasteiger partial charge in [-0.1, -0.05) is 11.6 Å². The first-order chi connectivity index (χ1) is 7.09. The molecule has 15 heavy (non-hydrogen) atoms. The summed E-state index contributed by atoms with van der Waals surface area (Å²) in [6.45, 7) is 0.0347. The van der Waals surface area contributed by atoms with Crippen LogP contribution in [-0.2, 0) is 4.74 Å². The van der Waals surface area contributed by atoms with E-state index in [9.17, 15) is 13.6 Å². The summed E-state index contributed by atoms with van der Waals surface area (Å²) < 4.78 is 31.4. The second kappa shape index (κ2) is 3.66. The third-order valence-corrected chi connectivity index (χ3v) is 2.37. The minimum Gasteiger partial charge on any atom is -0.439 e. The number of ether oxygens (including phenoxy) is 1. The highest BCUT2D eigenvalue weighted by molar-refractivity contribution is 6.30. The largest absolute Gasteiger partial charge is 0.439 e. The van der Waals surface area contributed by atoms with Crippen LogP contribution in [0.15, 0.2) is 12.1 Å². The number of cyclic esters (lactones) is 1. The van der Waals surface area contributed by atoms with E-state index in [0.29, 0.717) is 0 Å². The Hall–Kier alpha value is -1.36. The minimum atomic E-state index is -0.962. The number of rotatable bonds is 1. The standard InChI is InChI=1S/C9H6ClF2NO2/c10-4-1-2-5(11)7(8(4)12)6-3-13-9(14)15-6/h1-2,6H,3H2,(H,13,14). The fraction of sp³-hybridized carbons (Fsp3) is 0.222. The van der Waals surface area contributed by atoms with E-state index in [0.717, 1.165) is 12.1 Å². The predicted octanol–water partition coefficient (Wildman–Crippen LogP) is 2.40. The van der Waals surface area contributed by atoms with E-state index < -0.39 is 23.8 Å². The van der Waals surface area contributed by atoms with Gasteiger partial charge in [-0.25, -0.2) is 13.6 Å². The topological polar surface area (TPSA) is 38.3 Å². The van der Waals surface area contributed by atoms with Crippen LogP contribution < -0.4 is 5.32 Å². The lowest BCUT2D eigenvalue weighted by Gasteiger charge is -2.10. The zero-order chi connectivity index (χ0) is 11.0. The Morgan fingerprint density at radius 3 is 2.80 bits per heavy atom. The molecule has 2 rings (SSSR count). The summed E-state index contributed by atoms with van der Waals surface area (Å²) in [5, 5.41) is 2.10. The summed E-state index contributed by atoms with van der Waals surface area (Å²) in [5.74, 6) is -1.67. The Balaban J connectivity index is 2.43. The molecule has 1 aromatic carbocycles. The van der Waals surface area contributed by atoms with Gasteiger partial charge in [-0.3, -0.25) is 0 Å². The van der Waals surface area contributed by atoms with Gasteiger partial charge in [-0.05, 0) is 12.1 Å². The number of alkyl carbamates (subject to hydrolysis) is 1. The molecule has 1 N–H and O–H groups in total. The summed E-state index contributed by atoms with van der Waals surface area (Å²) in [4.78, 5) is 10.7. The Morgan fingerprint density at radius 1 is 1.47 bits per heavy atom. The summed E-state index contributed by atoms with van der Waals surface area (Å²) in [6.07, 6.45) is -1.66. The third-order valence-electron chi connectivity index (χ3n) is 2.08. The molecular formula is C9H6ClF2NO2. The van der Waals surface area contributed by atoms with Crippen LogP contribution in [0.2, 0.25) is 5.02 Å². The molecular weight excluding hydrogens is 228 g/mol. The van der Waals surface area contributed by atoms with Gasteiger partial charge in [0, 0.05) is 0 Å². The number of benzene rings is 1. The van der Waals surface area contributed by atoms with Crippen molar-refractivity contribution in [3.8, 4) is 0 Å². The molecule has 1 aliphatic heterocycles. The van der Waals surface area contributed by atoms with Crippen LogP contribution in [0, 0.1) is 11.6 Å². The van der Waals surface area contributed by atoms with Gasteiger partial charge in [-0.15, -0.1) is 0 Å². The highest BCUT2D eigenvalue weighted by Gasteiger charge is 2.30. The first kappa shape index (κ1) is 10.2. The molecule has 0 radical (unpaired) electrons. The number of hydrogen-bond donors (Lipinski definition) is 1. The van der Waals surface area contributed by atoms with Crippen molar-refractivity contribution in [1.29, 1.82) is 0 Å². The van der Waals surface area contributed by atoms with Crippen molar-refractivity contribution in [1.82, 2.24) is 5.32 Å². The Morgan fingerprint density at radius 2 is 2.20 bits per heavy atom. The third kappa shape index (κ3) is 1.74. The summed E-state index contributed by atoms with van der Waals surface area (Å²) >= 11 is 5.50. The van der Waals surface area contributed by atoms with Crippen LogP contribution in [0.4, 0.5) is 13.6 Å². The van der Waals surface area contributed by atoms with Gasteiger partial charge >= 0.3 is 6.09 Å². The molecule has 0 bridgehead atoms. The van der Waals surface area contributed by atoms with E-state index in [4.69, 9.17) is 11.6 Å². The van der Waals surface area contributed by atoms with Crippen molar-refractivity contribution in [2.45, 2.75) is 6.10 Å². The van der Waals surface area contributed by atoms with Crippen LogP contribution in [-0.4, -0.2) is 12.6 Å². The zero-order valence-electron chi connectivity index (χ0n) is 7.39. The molecule has 1 fully saturated rings. The fourth-order valence-electron chi connectivity index (χ4n) is 1.39. The maximum Gasteiger partial charge on any atom is 0.407 e. The second-order valence-electron chi connectivity index (χ2n) is 3.03. The Labute approximate surface area is 89.0 Å². The van der Waals surface area contributed by atoms with Gasteiger partial charge < -0.3 is 10.1 Å². The highest BCUT2D eigenvalue weighted by Crippen LogP contribution is 2.29. The van der Waals surface area contributed by atoms with Crippen LogP contribution >= 0.6 is 11.6 Å². The molecule has 1 aromatic rings. The second-order valence-corrected chi connectivity index (χ2v) is 3.44. The molecule has 0 aromatic heterocycles. The lowest BCUT2D eigenvalue weighted by molar-refractivity contribution is 0.137. The van der Waals surface area contributed by atoms with Crippen molar-refractivity contribution in [2.75, 3.05) is 6.54 Å². The Bertz CT molecular complexity index is 425. The molecule has 0 aliphatic carbocycles. The average molecular weight is 234 g/mol. The van der Waals surface area contributed by atoms with Crippen LogP contribution in [0.1, 0.15) is 11.7 Å². The monoisotopic (exact) mass is 233 g/mol. The first-order valence-corrected chi connectivity index (χ1v) is 4.55. The van der Waals surface area contributed by atoms with Gasteiger partial charge in [-0.2, -0.15) is 0 Å². The van der Waals surface area contributed by atoms with Crippen molar-refractivity contribution in [3.63, 3.8) is 0 Å². The van der Waals surface area contributed by atoms with Crippen LogP contribution in [0.5, 0.6) is 0 Å². The number of halogens is 3. The smallest absolute Gasteiger partial charge is 0.407 e. The number of carbonyl (C=O) groups is 1. The zero-order valence-corrected chi connectivity index (χ0v) is 8.15. The molecule has 1 aliphatic rings. The lowest BCUT2D eigenvalue weighted by Crippen LogP contribution is -2.13. The molecule has 1 unspecified atom stereocenters. The van der Waals surface area contributed by atoms with E-state index >= 15 is 0 Å². The summed E-state index contributed by atoms with van der Waals surface area (Å²) in [7, 11) is 0. The molecule has 3 nitrogen and oxygen atoms in total. The SMILES string of the molecule is O=C1NCC(c2c(F)ccc(Cl)c2F)O1. The molecule has 1 saturated heterocycles. The molecule has 1 atom stereocenters. The quantitative estimate of drug-likeness (QED) is 0.757. The van der Waals surface area contributed by atoms with Gasteiger partial charge in [0.1, 0.15) is 5.82 Å². The maximum absolute atomic E-state index is 13.5. The molecule has 0 spiro atoms. The van der Waals surface area contributed by atoms with Gasteiger partial charge in [0.05, 0.1) is 17.1 Å². The van der Waals surface area contributed by atoms with E-state index in [1.54, 1.807) is 0 Å². The highest BCUT2D eigenvalue weighted by atomic mass is 35.5. The molecule has 1 heterocycles. The van der Waals surface area contributed by atoms with Crippen molar-refractivity contribution >= 4 is 17.7 Å². The fourth-order valence-corrected chi connectivity index (χ4v) is 1.55. The number of amides is 1. The van der Waals surface area contributed by atoms with Crippen LogP contribution in [0.25, 0.3) is 0 Å². The van der Waals surface area contributed by atoms with E-state index in [1.807, 2.05) is 0 Å². The van der Waals surface area contributed by atoms with Crippen molar-refractivity contribution in [2.24, 2.45) is 0 Å². The summed E-state index contributed by atoms with van der Waals surface area (Å²) in [6, 6.07) is 2.15. The number of nitrogens with one attached hydrogen (secondary N) is 1. The van der Waals surface area contributed by atoms with E-state index in [2.05, 4.69) is 10.1 Å². The molecule has 0 saturated carbocycles. The van der Waals surface area contributed by atoms with Gasteiger partial charge in [0.25, 0.3) is 0 Å². The Kier molecular flexibility index (Phi) is 2.48. The molecule has 1 amide bonds. The first-order valence-electron chi connectivity index (χ1n) is 4.17. The molecule has 80 valence electrons. The maximum atomic E-state index is 13.5. The van der Waals surface area contributed by atoms with Crippen molar-refractivity contribution in [3.05, 3.63) is 34.4 Å². The predicted molar refractivity (Wildman–Crippen MR) is 48.6 cm³/mol. The number of hydrogen-bond acceptors (Lipinski definition) is 2. The summed E-state index contributed by atoms with van der Waals surface area (Å²) in [5.41, 5.74) is -0.319. The average Bonchev–Trinajstić information content (AvgIpc) is 2.59. The van der Waals surface area contributed by atoms with Crippen molar-refractivity contribution < 1.29 is 18.3 Å². The molecule has 6 heteroatoms.